The molecule has 2 aliphatic rings. The number of nitrogens with one attached hydrogen (secondary N) is 1. The zero-order valence-corrected chi connectivity index (χ0v) is 12.5. The van der Waals surface area contributed by atoms with E-state index in [0.717, 1.165) is 12.8 Å². The lowest BCUT2D eigenvalue weighted by Gasteiger charge is -2.26. The second kappa shape index (κ2) is 3.94. The van der Waals surface area contributed by atoms with E-state index >= 15 is 0 Å². The van der Waals surface area contributed by atoms with Crippen LogP contribution in [-0.2, 0) is 18.4 Å². The van der Waals surface area contributed by atoms with Crippen LogP contribution in [0.2, 0.25) is 0 Å². The average molecular weight is 314 g/mol. The van der Waals surface area contributed by atoms with Gasteiger partial charge in [-0.1, -0.05) is 46.3 Å². The summed E-state index contributed by atoms with van der Waals surface area (Å²) in [5, 5.41) is 3.85. The van der Waals surface area contributed by atoms with Crippen LogP contribution >= 0.6 is 15.9 Å². The number of halogens is 1. The maximum atomic E-state index is 3.85. The van der Waals surface area contributed by atoms with Gasteiger partial charge in [-0.2, -0.15) is 0 Å². The lowest BCUT2D eigenvalue weighted by molar-refractivity contribution is 0.368. The summed E-state index contributed by atoms with van der Waals surface area (Å²) in [7, 11) is 0. The smallest absolute Gasteiger partial charge is 0.0455 e. The van der Waals surface area contributed by atoms with Gasteiger partial charge in [-0.25, -0.2) is 0 Å². The van der Waals surface area contributed by atoms with Crippen molar-refractivity contribution in [2.75, 3.05) is 0 Å². The van der Waals surface area contributed by atoms with Crippen LogP contribution in [0.3, 0.4) is 0 Å². The van der Waals surface area contributed by atoms with E-state index in [-0.39, 0.29) is 5.54 Å². The summed E-state index contributed by atoms with van der Waals surface area (Å²) < 4.78 is 1.18. The molecule has 2 atom stereocenters. The van der Waals surface area contributed by atoms with E-state index in [0.29, 0.717) is 6.04 Å². The summed E-state index contributed by atoms with van der Waals surface area (Å²) in [5.74, 6) is 0. The highest BCUT2D eigenvalue weighted by atomic mass is 79.9. The summed E-state index contributed by atoms with van der Waals surface area (Å²) >= 11 is 3.60. The molecule has 2 aromatic rings. The van der Waals surface area contributed by atoms with Gasteiger partial charge in [0.1, 0.15) is 0 Å². The van der Waals surface area contributed by atoms with Gasteiger partial charge in [-0.3, -0.25) is 0 Å². The van der Waals surface area contributed by atoms with E-state index in [1.807, 2.05) is 0 Å². The molecule has 0 spiro atoms. The first-order valence-electron chi connectivity index (χ1n) is 6.80. The molecular formula is C17H16BrN. The van der Waals surface area contributed by atoms with Crippen LogP contribution in [0.4, 0.5) is 0 Å². The summed E-state index contributed by atoms with van der Waals surface area (Å²) in [6.45, 7) is 2.34. The fourth-order valence-corrected chi connectivity index (χ4v) is 4.08. The Morgan fingerprint density at radius 1 is 1.16 bits per heavy atom. The molecule has 0 aromatic heterocycles. The molecule has 2 heteroatoms. The molecule has 96 valence electrons. The van der Waals surface area contributed by atoms with Gasteiger partial charge < -0.3 is 5.32 Å². The standard InChI is InChI=1S/C17H16BrN/c1-17-10-12-5-3-2-4-11(12)8-16(19-17)14-9-13(18)6-7-15(14)17/h2-7,9,16,19H,8,10H2,1H3. The fourth-order valence-electron chi connectivity index (χ4n) is 3.70. The molecule has 0 aliphatic carbocycles. The summed E-state index contributed by atoms with van der Waals surface area (Å²) in [4.78, 5) is 0. The quantitative estimate of drug-likeness (QED) is 0.772. The Morgan fingerprint density at radius 2 is 1.95 bits per heavy atom. The van der Waals surface area contributed by atoms with Crippen LogP contribution in [0.25, 0.3) is 0 Å². The molecule has 2 heterocycles. The minimum Gasteiger partial charge on any atom is -0.300 e. The predicted octanol–water partition coefficient (Wildman–Crippen LogP) is 4.11. The van der Waals surface area contributed by atoms with Gasteiger partial charge in [0.05, 0.1) is 0 Å². The van der Waals surface area contributed by atoms with E-state index in [1.54, 1.807) is 0 Å². The zero-order valence-electron chi connectivity index (χ0n) is 10.9. The van der Waals surface area contributed by atoms with E-state index in [1.165, 1.54) is 26.7 Å². The van der Waals surface area contributed by atoms with E-state index in [2.05, 4.69) is 70.6 Å². The van der Waals surface area contributed by atoms with Gasteiger partial charge in [-0.05, 0) is 54.2 Å². The summed E-state index contributed by atoms with van der Waals surface area (Å²) in [5.41, 5.74) is 6.00. The van der Waals surface area contributed by atoms with E-state index in [9.17, 15) is 0 Å². The van der Waals surface area contributed by atoms with Gasteiger partial charge >= 0.3 is 0 Å². The molecule has 2 bridgehead atoms. The van der Waals surface area contributed by atoms with Crippen LogP contribution in [0, 0.1) is 0 Å². The third-order valence-electron chi connectivity index (χ3n) is 4.56. The van der Waals surface area contributed by atoms with Crippen molar-refractivity contribution in [2.24, 2.45) is 0 Å². The Morgan fingerprint density at radius 3 is 2.79 bits per heavy atom. The van der Waals surface area contributed by atoms with Crippen molar-refractivity contribution in [2.45, 2.75) is 31.3 Å². The minimum atomic E-state index is 0.0767. The zero-order chi connectivity index (χ0) is 13.0. The van der Waals surface area contributed by atoms with Gasteiger partial charge in [0, 0.05) is 16.1 Å². The van der Waals surface area contributed by atoms with Crippen LogP contribution in [0.15, 0.2) is 46.9 Å². The third-order valence-corrected chi connectivity index (χ3v) is 5.06. The molecule has 0 amide bonds. The van der Waals surface area contributed by atoms with Crippen molar-refractivity contribution in [3.8, 4) is 0 Å². The van der Waals surface area contributed by atoms with Gasteiger partial charge in [0.15, 0.2) is 0 Å². The maximum Gasteiger partial charge on any atom is 0.0455 e. The topological polar surface area (TPSA) is 12.0 Å². The Balaban J connectivity index is 1.91. The molecule has 19 heavy (non-hydrogen) atoms. The van der Waals surface area contributed by atoms with Crippen molar-refractivity contribution in [1.29, 1.82) is 0 Å². The highest BCUT2D eigenvalue weighted by Gasteiger charge is 2.42. The van der Waals surface area contributed by atoms with Crippen molar-refractivity contribution >= 4 is 15.9 Å². The first kappa shape index (κ1) is 11.7. The van der Waals surface area contributed by atoms with E-state index in [4.69, 9.17) is 0 Å². The van der Waals surface area contributed by atoms with Gasteiger partial charge in [0.25, 0.3) is 0 Å². The Kier molecular flexibility index (Phi) is 2.42. The average Bonchev–Trinajstić information content (AvgIpc) is 2.55. The molecule has 1 nitrogen and oxygen atoms in total. The monoisotopic (exact) mass is 313 g/mol. The van der Waals surface area contributed by atoms with E-state index < -0.39 is 0 Å². The molecule has 0 saturated heterocycles. The van der Waals surface area contributed by atoms with Crippen molar-refractivity contribution < 1.29 is 0 Å². The lowest BCUT2D eigenvalue weighted by atomic mass is 9.82. The Hall–Kier alpha value is -1.12. The highest BCUT2D eigenvalue weighted by molar-refractivity contribution is 9.10. The second-order valence-corrected chi connectivity index (χ2v) is 6.83. The number of hydrogen-bond donors (Lipinski definition) is 1. The Bertz CT molecular complexity index is 664. The van der Waals surface area contributed by atoms with Crippen molar-refractivity contribution in [3.05, 3.63) is 69.2 Å². The van der Waals surface area contributed by atoms with Crippen LogP contribution in [-0.4, -0.2) is 0 Å². The minimum absolute atomic E-state index is 0.0767. The van der Waals surface area contributed by atoms with Gasteiger partial charge in [0.2, 0.25) is 0 Å². The lowest BCUT2D eigenvalue weighted by Crippen LogP contribution is -2.36. The number of benzene rings is 2. The SMILES string of the molecule is CC12Cc3ccccc3CC(N1)c1cc(Br)ccc12. The molecule has 2 unspecified atom stereocenters. The Labute approximate surface area is 122 Å². The van der Waals surface area contributed by atoms with Crippen LogP contribution < -0.4 is 5.32 Å². The third kappa shape index (κ3) is 1.70. The first-order valence-corrected chi connectivity index (χ1v) is 7.59. The molecule has 0 saturated carbocycles. The molecule has 0 radical (unpaired) electrons. The van der Waals surface area contributed by atoms with Crippen LogP contribution in [0.1, 0.15) is 35.2 Å². The molecule has 4 rings (SSSR count). The summed E-state index contributed by atoms with van der Waals surface area (Å²) in [6.07, 6.45) is 2.17. The fraction of sp³-hybridized carbons (Fsp3) is 0.294. The molecule has 2 aliphatic heterocycles. The largest absolute Gasteiger partial charge is 0.300 e. The molecule has 0 fully saturated rings. The van der Waals surface area contributed by atoms with Crippen molar-refractivity contribution in [3.63, 3.8) is 0 Å². The summed E-state index contributed by atoms with van der Waals surface area (Å²) in [6, 6.07) is 16.0. The maximum absolute atomic E-state index is 3.85. The molecular weight excluding hydrogens is 298 g/mol. The predicted molar refractivity (Wildman–Crippen MR) is 81.2 cm³/mol. The first-order chi connectivity index (χ1) is 9.16. The number of hydrogen-bond acceptors (Lipinski definition) is 1. The number of rotatable bonds is 0. The number of fused-ring (bicyclic) bond motifs is 6. The molecule has 2 aromatic carbocycles. The highest BCUT2D eigenvalue weighted by Crippen LogP contribution is 2.44. The second-order valence-electron chi connectivity index (χ2n) is 5.91. The van der Waals surface area contributed by atoms with Crippen molar-refractivity contribution in [1.82, 2.24) is 5.32 Å². The van der Waals surface area contributed by atoms with Gasteiger partial charge in [-0.15, -0.1) is 0 Å². The normalized spacial score (nSPS) is 27.6. The van der Waals surface area contributed by atoms with Crippen LogP contribution in [0.5, 0.6) is 0 Å². The molecule has 1 N–H and O–H groups in total.